The molecule has 4 nitrogen and oxygen atoms in total. The number of para-hydroxylation sites is 1. The molecule has 0 radical (unpaired) electrons. The third kappa shape index (κ3) is 2.97. The average molecular weight is 326 g/mol. The Morgan fingerprint density at radius 3 is 2.57 bits per heavy atom. The smallest absolute Gasteiger partial charge is 0.293 e. The van der Waals surface area contributed by atoms with Crippen molar-refractivity contribution in [3.63, 3.8) is 0 Å². The lowest BCUT2D eigenvalue weighted by molar-refractivity contribution is -0.124. The zero-order valence-corrected chi connectivity index (χ0v) is 13.9. The predicted molar refractivity (Wildman–Crippen MR) is 93.3 cm³/mol. The molecule has 3 rings (SSSR count). The summed E-state index contributed by atoms with van der Waals surface area (Å²) in [7, 11) is 0. The second-order valence-electron chi connectivity index (χ2n) is 5.45. The maximum Gasteiger partial charge on any atom is 0.293 e. The van der Waals surface area contributed by atoms with Gasteiger partial charge < -0.3 is 4.57 Å². The van der Waals surface area contributed by atoms with Crippen molar-refractivity contribution in [1.29, 1.82) is 0 Å². The Labute approximate surface area is 139 Å². The van der Waals surface area contributed by atoms with Gasteiger partial charge in [-0.05, 0) is 55.4 Å². The maximum absolute atomic E-state index is 12.5. The number of amides is 2. The molecule has 2 aromatic rings. The van der Waals surface area contributed by atoms with Crippen LogP contribution in [-0.4, -0.2) is 26.7 Å². The standard InChI is InChI=1S/C18H18N2O2S/c1-3-13(2)20-17(21)16(23-18(20)22)12-15-10-7-11-19(15)14-8-5-4-6-9-14/h4-13H,3H2,1-2H3/b16-12+/t13-/m0/s1. The number of thioether (sulfide) groups is 1. The van der Waals surface area contributed by atoms with Crippen molar-refractivity contribution in [3.8, 4) is 5.69 Å². The number of hydrogen-bond acceptors (Lipinski definition) is 3. The van der Waals surface area contributed by atoms with Gasteiger partial charge in [-0.1, -0.05) is 25.1 Å². The minimum absolute atomic E-state index is 0.0747. The van der Waals surface area contributed by atoms with Crippen molar-refractivity contribution < 1.29 is 9.59 Å². The van der Waals surface area contributed by atoms with E-state index in [-0.39, 0.29) is 17.2 Å². The largest absolute Gasteiger partial charge is 0.317 e. The van der Waals surface area contributed by atoms with Gasteiger partial charge in [-0.2, -0.15) is 0 Å². The zero-order chi connectivity index (χ0) is 16.4. The highest BCUT2D eigenvalue weighted by atomic mass is 32.2. The first-order valence-corrected chi connectivity index (χ1v) is 8.43. The topological polar surface area (TPSA) is 42.3 Å². The fraction of sp³-hybridized carbons (Fsp3) is 0.222. The monoisotopic (exact) mass is 326 g/mol. The van der Waals surface area contributed by atoms with E-state index in [1.807, 2.05) is 67.1 Å². The molecule has 2 heterocycles. The number of imide groups is 1. The number of carbonyl (C=O) groups is 2. The molecule has 0 spiro atoms. The Bertz CT molecular complexity index is 764. The van der Waals surface area contributed by atoms with E-state index in [4.69, 9.17) is 0 Å². The van der Waals surface area contributed by atoms with Crippen molar-refractivity contribution in [3.05, 3.63) is 59.3 Å². The van der Waals surface area contributed by atoms with E-state index in [2.05, 4.69) is 0 Å². The molecule has 2 amide bonds. The average Bonchev–Trinajstić information content (AvgIpc) is 3.13. The highest BCUT2D eigenvalue weighted by Gasteiger charge is 2.37. The predicted octanol–water partition coefficient (Wildman–Crippen LogP) is 4.31. The summed E-state index contributed by atoms with van der Waals surface area (Å²) in [5, 5.41) is -0.187. The molecular weight excluding hydrogens is 308 g/mol. The number of carbonyl (C=O) groups excluding carboxylic acids is 2. The number of hydrogen-bond donors (Lipinski definition) is 0. The molecule has 0 unspecified atom stereocenters. The summed E-state index contributed by atoms with van der Waals surface area (Å²) >= 11 is 1.01. The van der Waals surface area contributed by atoms with Crippen molar-refractivity contribution in [2.45, 2.75) is 26.3 Å². The van der Waals surface area contributed by atoms with Gasteiger partial charge in [0.1, 0.15) is 0 Å². The molecule has 1 aliphatic heterocycles. The van der Waals surface area contributed by atoms with Crippen LogP contribution in [0.2, 0.25) is 0 Å². The molecule has 1 fully saturated rings. The van der Waals surface area contributed by atoms with Crippen LogP contribution in [0.25, 0.3) is 11.8 Å². The number of rotatable bonds is 4. The van der Waals surface area contributed by atoms with Crippen LogP contribution in [0, 0.1) is 0 Å². The van der Waals surface area contributed by atoms with E-state index < -0.39 is 0 Å². The molecule has 0 aliphatic carbocycles. The van der Waals surface area contributed by atoms with Crippen LogP contribution in [-0.2, 0) is 4.79 Å². The summed E-state index contributed by atoms with van der Waals surface area (Å²) in [5.41, 5.74) is 1.90. The minimum atomic E-state index is -0.199. The Balaban J connectivity index is 1.94. The van der Waals surface area contributed by atoms with Crippen LogP contribution >= 0.6 is 11.8 Å². The molecule has 118 valence electrons. The van der Waals surface area contributed by atoms with Crippen molar-refractivity contribution in [2.24, 2.45) is 0 Å². The van der Waals surface area contributed by atoms with Gasteiger partial charge in [-0.25, -0.2) is 0 Å². The molecule has 1 atom stereocenters. The van der Waals surface area contributed by atoms with Gasteiger partial charge in [0.25, 0.3) is 11.1 Å². The van der Waals surface area contributed by atoms with Crippen molar-refractivity contribution >= 4 is 29.0 Å². The molecule has 23 heavy (non-hydrogen) atoms. The molecular formula is C18H18N2O2S. The Morgan fingerprint density at radius 1 is 1.13 bits per heavy atom. The van der Waals surface area contributed by atoms with E-state index >= 15 is 0 Å². The van der Waals surface area contributed by atoms with Crippen LogP contribution in [0.4, 0.5) is 4.79 Å². The summed E-state index contributed by atoms with van der Waals surface area (Å²) in [6.07, 6.45) is 4.49. The maximum atomic E-state index is 12.5. The van der Waals surface area contributed by atoms with Crippen LogP contribution in [0.15, 0.2) is 53.6 Å². The fourth-order valence-corrected chi connectivity index (χ4v) is 3.43. The van der Waals surface area contributed by atoms with E-state index in [1.165, 1.54) is 4.90 Å². The lowest BCUT2D eigenvalue weighted by atomic mass is 10.2. The summed E-state index contributed by atoms with van der Waals surface area (Å²) in [5.74, 6) is -0.199. The summed E-state index contributed by atoms with van der Waals surface area (Å²) in [6.45, 7) is 3.87. The van der Waals surface area contributed by atoms with Crippen LogP contribution in [0.1, 0.15) is 26.0 Å². The normalized spacial score (nSPS) is 18.0. The van der Waals surface area contributed by atoms with E-state index in [9.17, 15) is 9.59 Å². The van der Waals surface area contributed by atoms with Crippen molar-refractivity contribution in [1.82, 2.24) is 9.47 Å². The molecule has 0 saturated carbocycles. The number of aromatic nitrogens is 1. The Kier molecular flexibility index (Phi) is 4.39. The SMILES string of the molecule is CC[C@H](C)N1C(=O)S/C(=C/c2cccn2-c2ccccc2)C1=O. The zero-order valence-electron chi connectivity index (χ0n) is 13.1. The van der Waals surface area contributed by atoms with Crippen LogP contribution < -0.4 is 0 Å². The van der Waals surface area contributed by atoms with Gasteiger partial charge >= 0.3 is 0 Å². The van der Waals surface area contributed by atoms with Gasteiger partial charge in [-0.15, -0.1) is 0 Å². The third-order valence-corrected chi connectivity index (χ3v) is 4.83. The lowest BCUT2D eigenvalue weighted by Crippen LogP contribution is -2.36. The molecule has 0 N–H and O–H groups in total. The van der Waals surface area contributed by atoms with Gasteiger partial charge in [0.15, 0.2) is 0 Å². The lowest BCUT2D eigenvalue weighted by Gasteiger charge is -2.19. The van der Waals surface area contributed by atoms with Gasteiger partial charge in [0.2, 0.25) is 0 Å². The third-order valence-electron chi connectivity index (χ3n) is 3.95. The Morgan fingerprint density at radius 2 is 1.87 bits per heavy atom. The summed E-state index contributed by atoms with van der Waals surface area (Å²) in [6, 6.07) is 13.7. The van der Waals surface area contributed by atoms with Crippen LogP contribution in [0.3, 0.4) is 0 Å². The molecule has 1 aliphatic rings. The quantitative estimate of drug-likeness (QED) is 0.786. The second kappa shape index (κ2) is 6.46. The molecule has 1 aromatic heterocycles. The molecule has 1 saturated heterocycles. The highest BCUT2D eigenvalue weighted by Crippen LogP contribution is 2.34. The van der Waals surface area contributed by atoms with Gasteiger partial charge in [-0.3, -0.25) is 14.5 Å². The van der Waals surface area contributed by atoms with Crippen molar-refractivity contribution in [2.75, 3.05) is 0 Å². The molecule has 5 heteroatoms. The van der Waals surface area contributed by atoms with E-state index in [0.717, 1.165) is 29.6 Å². The van der Waals surface area contributed by atoms with Gasteiger partial charge in [0, 0.05) is 23.6 Å². The van der Waals surface area contributed by atoms with Gasteiger partial charge in [0.05, 0.1) is 4.91 Å². The minimum Gasteiger partial charge on any atom is -0.317 e. The highest BCUT2D eigenvalue weighted by molar-refractivity contribution is 8.18. The first kappa shape index (κ1) is 15.6. The fourth-order valence-electron chi connectivity index (χ4n) is 2.51. The van der Waals surface area contributed by atoms with E-state index in [1.54, 1.807) is 6.08 Å². The second-order valence-corrected chi connectivity index (χ2v) is 6.44. The van der Waals surface area contributed by atoms with E-state index in [0.29, 0.717) is 4.91 Å². The number of nitrogens with zero attached hydrogens (tertiary/aromatic N) is 2. The summed E-state index contributed by atoms with van der Waals surface area (Å²) in [4.78, 5) is 26.4. The first-order valence-electron chi connectivity index (χ1n) is 7.61. The first-order chi connectivity index (χ1) is 11.1. The Hall–Kier alpha value is -2.27. The van der Waals surface area contributed by atoms with Crippen LogP contribution in [0.5, 0.6) is 0 Å². The molecule has 0 bridgehead atoms. The summed E-state index contributed by atoms with van der Waals surface area (Å²) < 4.78 is 2.00. The molecule has 1 aromatic carbocycles. The number of benzene rings is 1.